The van der Waals surface area contributed by atoms with E-state index in [0.29, 0.717) is 6.61 Å². The van der Waals surface area contributed by atoms with Gasteiger partial charge in [0.15, 0.2) is 0 Å². The third kappa shape index (κ3) is 5.40. The Morgan fingerprint density at radius 3 is 2.28 bits per heavy atom. The van der Waals surface area contributed by atoms with E-state index in [2.05, 4.69) is 98.8 Å². The van der Waals surface area contributed by atoms with Crippen LogP contribution in [0, 0.1) is 0 Å². The summed E-state index contributed by atoms with van der Waals surface area (Å²) in [6, 6.07) is 24.0. The van der Waals surface area contributed by atoms with Gasteiger partial charge < -0.3 is 4.90 Å². The number of rotatable bonds is 10. The quantitative estimate of drug-likeness (QED) is 0.308. The van der Waals surface area contributed by atoms with Crippen LogP contribution >= 0.6 is 11.8 Å². The lowest BCUT2D eigenvalue weighted by Gasteiger charge is -2.30. The molecule has 1 unspecified atom stereocenters. The molecule has 4 heteroatoms. The second-order valence-electron chi connectivity index (χ2n) is 7.15. The van der Waals surface area contributed by atoms with Crippen LogP contribution in [0.4, 0.5) is 0 Å². The zero-order valence-corrected chi connectivity index (χ0v) is 18.8. The highest BCUT2D eigenvalue weighted by Gasteiger charge is 2.22. The summed E-state index contributed by atoms with van der Waals surface area (Å²) >= 11 is 1.77. The Labute approximate surface area is 179 Å². The molecule has 0 bridgehead atoms. The molecule has 0 aliphatic carbocycles. The molecule has 0 N–H and O–H groups in total. The maximum Gasteiger partial charge on any atom is 0.0855 e. The maximum absolute atomic E-state index is 6.24. The van der Waals surface area contributed by atoms with Crippen molar-refractivity contribution in [2.24, 2.45) is 0 Å². The van der Waals surface area contributed by atoms with Gasteiger partial charge in [-0.15, -0.1) is 11.8 Å². The number of nitrogens with zero attached hydrogens (tertiary/aromatic N) is 2. The van der Waals surface area contributed by atoms with Crippen molar-refractivity contribution >= 4 is 22.5 Å². The molecule has 29 heavy (non-hydrogen) atoms. The van der Waals surface area contributed by atoms with Gasteiger partial charge in [0, 0.05) is 18.5 Å². The van der Waals surface area contributed by atoms with Gasteiger partial charge in [-0.05, 0) is 53.4 Å². The van der Waals surface area contributed by atoms with Crippen molar-refractivity contribution in [3.63, 3.8) is 0 Å². The normalized spacial score (nSPS) is 12.8. The molecule has 0 aromatic heterocycles. The first-order valence-electron chi connectivity index (χ1n) is 10.4. The van der Waals surface area contributed by atoms with Crippen molar-refractivity contribution in [1.29, 1.82) is 0 Å². The van der Waals surface area contributed by atoms with Crippen LogP contribution < -0.4 is 0 Å². The molecule has 154 valence electrons. The largest absolute Gasteiger partial charge is 0.302 e. The van der Waals surface area contributed by atoms with E-state index in [-0.39, 0.29) is 6.04 Å². The molecule has 0 saturated heterocycles. The van der Waals surface area contributed by atoms with Crippen LogP contribution in [0.15, 0.2) is 71.6 Å². The van der Waals surface area contributed by atoms with Crippen LogP contribution in [0.1, 0.15) is 31.0 Å². The fourth-order valence-electron chi connectivity index (χ4n) is 3.79. The lowest BCUT2D eigenvalue weighted by Crippen LogP contribution is -2.32. The van der Waals surface area contributed by atoms with Gasteiger partial charge in [-0.25, -0.2) is 0 Å². The van der Waals surface area contributed by atoms with Crippen molar-refractivity contribution in [2.45, 2.75) is 24.8 Å². The first-order valence-corrected chi connectivity index (χ1v) is 11.6. The van der Waals surface area contributed by atoms with Crippen LogP contribution in [-0.2, 0) is 4.84 Å². The molecule has 0 aliphatic rings. The highest BCUT2D eigenvalue weighted by atomic mass is 32.2. The first kappa shape index (κ1) is 21.8. The standard InChI is InChI=1S/C25H32N2OS/c1-5-27(6-2)18-19-28-26(3)25(21-14-16-22(29-4)17-15-21)24-13-9-11-20-10-7-8-12-23(20)24/h7-17,25H,5-6,18-19H2,1-4H3. The maximum atomic E-state index is 6.24. The Morgan fingerprint density at radius 2 is 1.59 bits per heavy atom. The molecule has 0 spiro atoms. The molecule has 3 aromatic rings. The molecular weight excluding hydrogens is 376 g/mol. The lowest BCUT2D eigenvalue weighted by molar-refractivity contribution is -0.163. The SMILES string of the molecule is CCN(CC)CCON(C)C(c1ccc(SC)cc1)c1cccc2ccccc12. The predicted molar refractivity (Wildman–Crippen MR) is 126 cm³/mol. The summed E-state index contributed by atoms with van der Waals surface area (Å²) < 4.78 is 0. The zero-order chi connectivity index (χ0) is 20.6. The van der Waals surface area contributed by atoms with E-state index in [4.69, 9.17) is 4.84 Å². The van der Waals surface area contributed by atoms with Crippen molar-refractivity contribution < 1.29 is 4.84 Å². The van der Waals surface area contributed by atoms with Crippen molar-refractivity contribution in [1.82, 2.24) is 9.96 Å². The van der Waals surface area contributed by atoms with Gasteiger partial charge in [0.25, 0.3) is 0 Å². The Balaban J connectivity index is 1.93. The van der Waals surface area contributed by atoms with E-state index < -0.39 is 0 Å². The molecule has 1 atom stereocenters. The molecule has 0 radical (unpaired) electrons. The second kappa shape index (κ2) is 10.8. The number of hydrogen-bond donors (Lipinski definition) is 0. The molecule has 3 rings (SSSR count). The van der Waals surface area contributed by atoms with Crippen LogP contribution in [0.3, 0.4) is 0 Å². The number of fused-ring (bicyclic) bond motifs is 1. The van der Waals surface area contributed by atoms with Crippen LogP contribution in [0.2, 0.25) is 0 Å². The van der Waals surface area contributed by atoms with E-state index in [1.54, 1.807) is 11.8 Å². The fourth-order valence-corrected chi connectivity index (χ4v) is 4.20. The zero-order valence-electron chi connectivity index (χ0n) is 18.0. The van der Waals surface area contributed by atoms with Gasteiger partial charge in [0.05, 0.1) is 12.6 Å². The van der Waals surface area contributed by atoms with Crippen LogP contribution in [0.25, 0.3) is 10.8 Å². The summed E-state index contributed by atoms with van der Waals surface area (Å²) in [5.74, 6) is 0. The summed E-state index contributed by atoms with van der Waals surface area (Å²) in [5.41, 5.74) is 2.51. The van der Waals surface area contributed by atoms with Gasteiger partial charge in [-0.3, -0.25) is 4.84 Å². The third-order valence-corrected chi connectivity index (χ3v) is 6.25. The Hall–Kier alpha value is -1.85. The molecular formula is C25H32N2OS. The predicted octanol–water partition coefficient (Wildman–Crippen LogP) is 5.86. The average molecular weight is 409 g/mol. The fraction of sp³-hybridized carbons (Fsp3) is 0.360. The summed E-state index contributed by atoms with van der Waals surface area (Å²) in [6.45, 7) is 8.10. The highest BCUT2D eigenvalue weighted by molar-refractivity contribution is 7.98. The lowest BCUT2D eigenvalue weighted by atomic mass is 9.93. The van der Waals surface area contributed by atoms with Crippen LogP contribution in [0.5, 0.6) is 0 Å². The first-order chi connectivity index (χ1) is 14.2. The minimum absolute atomic E-state index is 0.0358. The summed E-state index contributed by atoms with van der Waals surface area (Å²) in [6.07, 6.45) is 2.11. The van der Waals surface area contributed by atoms with Crippen molar-refractivity contribution in [3.05, 3.63) is 77.9 Å². The Kier molecular flexibility index (Phi) is 8.13. The molecule has 3 aromatic carbocycles. The Morgan fingerprint density at radius 1 is 0.897 bits per heavy atom. The number of hydroxylamine groups is 2. The second-order valence-corrected chi connectivity index (χ2v) is 8.03. The van der Waals surface area contributed by atoms with E-state index in [1.807, 2.05) is 5.06 Å². The number of benzene rings is 3. The summed E-state index contributed by atoms with van der Waals surface area (Å²) in [4.78, 5) is 9.90. The highest BCUT2D eigenvalue weighted by Crippen LogP contribution is 2.33. The molecule has 0 heterocycles. The number of thioether (sulfide) groups is 1. The van der Waals surface area contributed by atoms with E-state index in [1.165, 1.54) is 26.8 Å². The van der Waals surface area contributed by atoms with Gasteiger partial charge >= 0.3 is 0 Å². The minimum atomic E-state index is 0.0358. The van der Waals surface area contributed by atoms with Crippen molar-refractivity contribution in [2.75, 3.05) is 39.5 Å². The van der Waals surface area contributed by atoms with Gasteiger partial charge in [-0.1, -0.05) is 68.4 Å². The third-order valence-electron chi connectivity index (χ3n) is 5.51. The Bertz CT molecular complexity index is 887. The van der Waals surface area contributed by atoms with Gasteiger partial charge in [0.2, 0.25) is 0 Å². The monoisotopic (exact) mass is 408 g/mol. The summed E-state index contributed by atoms with van der Waals surface area (Å²) in [7, 11) is 2.05. The molecule has 3 nitrogen and oxygen atoms in total. The van der Waals surface area contributed by atoms with Crippen LogP contribution in [-0.4, -0.2) is 49.5 Å². The van der Waals surface area contributed by atoms with E-state index in [0.717, 1.165) is 19.6 Å². The number of hydrogen-bond acceptors (Lipinski definition) is 4. The van der Waals surface area contributed by atoms with E-state index >= 15 is 0 Å². The molecule has 0 saturated carbocycles. The topological polar surface area (TPSA) is 15.7 Å². The van der Waals surface area contributed by atoms with Crippen molar-refractivity contribution in [3.8, 4) is 0 Å². The minimum Gasteiger partial charge on any atom is -0.302 e. The van der Waals surface area contributed by atoms with Gasteiger partial charge in [0.1, 0.15) is 0 Å². The average Bonchev–Trinajstić information content (AvgIpc) is 2.77. The molecule has 0 aliphatic heterocycles. The molecule has 0 amide bonds. The number of likely N-dealkylation sites (N-methyl/N-ethyl adjacent to an activating group) is 1. The smallest absolute Gasteiger partial charge is 0.0855 e. The van der Waals surface area contributed by atoms with E-state index in [9.17, 15) is 0 Å². The summed E-state index contributed by atoms with van der Waals surface area (Å²) in [5, 5.41) is 4.56. The van der Waals surface area contributed by atoms with Gasteiger partial charge in [-0.2, -0.15) is 5.06 Å². The molecule has 0 fully saturated rings.